The van der Waals surface area contributed by atoms with Gasteiger partial charge >= 0.3 is 0 Å². The predicted molar refractivity (Wildman–Crippen MR) is 63.7 cm³/mol. The molecule has 6 heteroatoms. The first-order valence-corrected chi connectivity index (χ1v) is 5.48. The van der Waals surface area contributed by atoms with Crippen LogP contribution in [-0.2, 0) is 11.3 Å². The maximum absolute atomic E-state index is 11.0. The molecule has 100 valence electrons. The van der Waals surface area contributed by atoms with Gasteiger partial charge < -0.3 is 25.8 Å². The maximum Gasteiger partial charge on any atom is 0.248 e. The van der Waals surface area contributed by atoms with Crippen molar-refractivity contribution >= 4 is 5.91 Å². The normalized spacial score (nSPS) is 14.2. The highest BCUT2D eigenvalue weighted by molar-refractivity contribution is 5.92. The topological polar surface area (TPSA) is 113 Å². The predicted octanol–water partition coefficient (Wildman–Crippen LogP) is -0.984. The highest BCUT2D eigenvalue weighted by Crippen LogP contribution is 2.09. The lowest BCUT2D eigenvalue weighted by atomic mass is 10.1. The summed E-state index contributed by atoms with van der Waals surface area (Å²) in [7, 11) is 0. The van der Waals surface area contributed by atoms with Gasteiger partial charge in [0.2, 0.25) is 5.91 Å². The summed E-state index contributed by atoms with van der Waals surface area (Å²) in [5, 5.41) is 27.1. The minimum absolute atomic E-state index is 0.101. The van der Waals surface area contributed by atoms with E-state index in [1.807, 2.05) is 0 Å². The Hall–Kier alpha value is -1.47. The highest BCUT2D eigenvalue weighted by Gasteiger charge is 2.18. The smallest absolute Gasteiger partial charge is 0.248 e. The Morgan fingerprint density at radius 2 is 2.06 bits per heavy atom. The van der Waals surface area contributed by atoms with Crippen LogP contribution in [0.1, 0.15) is 15.9 Å². The first kappa shape index (κ1) is 14.6. The third-order valence-corrected chi connectivity index (χ3v) is 2.47. The fourth-order valence-electron chi connectivity index (χ4n) is 1.42. The Kier molecular flexibility index (Phi) is 5.73. The minimum atomic E-state index is -1.14. The molecule has 1 amide bonds. The Morgan fingerprint density at radius 3 is 2.61 bits per heavy atom. The van der Waals surface area contributed by atoms with E-state index in [-0.39, 0.29) is 6.61 Å². The molecule has 6 nitrogen and oxygen atoms in total. The third kappa shape index (κ3) is 4.08. The maximum atomic E-state index is 11.0. The molecule has 0 saturated carbocycles. The van der Waals surface area contributed by atoms with E-state index >= 15 is 0 Å². The first-order valence-electron chi connectivity index (χ1n) is 5.48. The number of benzene rings is 1. The molecular formula is C12H17NO5. The lowest BCUT2D eigenvalue weighted by molar-refractivity contribution is -0.0860. The van der Waals surface area contributed by atoms with E-state index in [2.05, 4.69) is 0 Å². The number of aliphatic hydroxyl groups excluding tert-OH is 3. The van der Waals surface area contributed by atoms with Crippen molar-refractivity contribution in [1.29, 1.82) is 0 Å². The van der Waals surface area contributed by atoms with Crippen LogP contribution in [0.5, 0.6) is 0 Å². The van der Waals surface area contributed by atoms with E-state index < -0.39 is 31.3 Å². The second-order valence-electron chi connectivity index (χ2n) is 3.85. The molecule has 1 aromatic rings. The van der Waals surface area contributed by atoms with Crippen LogP contribution in [0.3, 0.4) is 0 Å². The molecule has 1 unspecified atom stereocenters. The van der Waals surface area contributed by atoms with Crippen molar-refractivity contribution in [2.45, 2.75) is 18.8 Å². The second kappa shape index (κ2) is 7.07. The summed E-state index contributed by atoms with van der Waals surface area (Å²) in [5.74, 6) is -0.536. The molecule has 1 aromatic carbocycles. The van der Waals surface area contributed by atoms with E-state index in [0.29, 0.717) is 11.1 Å². The first-order chi connectivity index (χ1) is 8.58. The van der Waals surface area contributed by atoms with Gasteiger partial charge in [-0.3, -0.25) is 4.79 Å². The van der Waals surface area contributed by atoms with Crippen molar-refractivity contribution in [3.63, 3.8) is 0 Å². The van der Waals surface area contributed by atoms with Crippen LogP contribution in [0.2, 0.25) is 0 Å². The number of nitrogens with two attached hydrogens (primary N) is 1. The number of carbonyl (C=O) groups excluding carboxylic acids is 1. The summed E-state index contributed by atoms with van der Waals surface area (Å²) in [5.41, 5.74) is 6.19. The van der Waals surface area contributed by atoms with Gasteiger partial charge in [0.25, 0.3) is 0 Å². The van der Waals surface area contributed by atoms with Gasteiger partial charge in [-0.25, -0.2) is 0 Å². The average molecular weight is 255 g/mol. The van der Waals surface area contributed by atoms with Crippen molar-refractivity contribution in [2.24, 2.45) is 5.73 Å². The zero-order valence-corrected chi connectivity index (χ0v) is 9.82. The van der Waals surface area contributed by atoms with Crippen molar-refractivity contribution in [3.05, 3.63) is 35.4 Å². The third-order valence-electron chi connectivity index (χ3n) is 2.47. The van der Waals surface area contributed by atoms with Gasteiger partial charge in [-0.1, -0.05) is 12.1 Å². The molecule has 0 fully saturated rings. The standard InChI is InChI=1S/C12H17NO5/c13-12(17)9-3-1-2-8(4-9)7-18-11(6-15)10(16)5-14/h1-4,10-11,14-16H,5-7H2,(H2,13,17)/t10?,11-/m1/s1. The molecule has 0 aliphatic carbocycles. The molecule has 0 aliphatic rings. The van der Waals surface area contributed by atoms with Crippen molar-refractivity contribution in [3.8, 4) is 0 Å². The molecule has 1 rings (SSSR count). The number of hydrogen-bond acceptors (Lipinski definition) is 5. The molecule has 0 bridgehead atoms. The van der Waals surface area contributed by atoms with Gasteiger partial charge in [0.05, 0.1) is 19.8 Å². The zero-order valence-electron chi connectivity index (χ0n) is 9.82. The van der Waals surface area contributed by atoms with Gasteiger partial charge in [-0.05, 0) is 17.7 Å². The number of ether oxygens (including phenoxy) is 1. The molecular weight excluding hydrogens is 238 g/mol. The SMILES string of the molecule is NC(=O)c1cccc(CO[C@H](CO)C(O)CO)c1. The molecule has 0 spiro atoms. The number of aliphatic hydroxyl groups is 3. The molecule has 0 aromatic heterocycles. The Bertz CT molecular complexity index is 396. The number of carbonyl (C=O) groups is 1. The van der Waals surface area contributed by atoms with Crippen LogP contribution in [0.15, 0.2) is 24.3 Å². The number of amides is 1. The quantitative estimate of drug-likeness (QED) is 0.500. The Morgan fingerprint density at radius 1 is 1.33 bits per heavy atom. The van der Waals surface area contributed by atoms with Crippen molar-refractivity contribution < 1.29 is 24.9 Å². The fourth-order valence-corrected chi connectivity index (χ4v) is 1.42. The van der Waals surface area contributed by atoms with E-state index in [1.165, 1.54) is 0 Å². The van der Waals surface area contributed by atoms with Gasteiger partial charge in [-0.2, -0.15) is 0 Å². The lowest BCUT2D eigenvalue weighted by Gasteiger charge is -2.19. The van der Waals surface area contributed by atoms with Gasteiger partial charge in [0.15, 0.2) is 0 Å². The molecule has 0 heterocycles. The van der Waals surface area contributed by atoms with Gasteiger partial charge in [0.1, 0.15) is 12.2 Å². The van der Waals surface area contributed by atoms with E-state index in [4.69, 9.17) is 20.7 Å². The largest absolute Gasteiger partial charge is 0.394 e. The number of rotatable bonds is 7. The molecule has 18 heavy (non-hydrogen) atoms. The second-order valence-corrected chi connectivity index (χ2v) is 3.85. The van der Waals surface area contributed by atoms with Crippen LogP contribution in [0, 0.1) is 0 Å². The van der Waals surface area contributed by atoms with Crippen LogP contribution in [-0.4, -0.2) is 46.6 Å². The summed E-state index contributed by atoms with van der Waals surface area (Å²) in [6.07, 6.45) is -2.01. The Balaban J connectivity index is 2.62. The molecule has 2 atom stereocenters. The zero-order chi connectivity index (χ0) is 13.5. The van der Waals surface area contributed by atoms with E-state index in [9.17, 15) is 9.90 Å². The summed E-state index contributed by atoms with van der Waals surface area (Å²) in [6, 6.07) is 6.54. The summed E-state index contributed by atoms with van der Waals surface area (Å²) < 4.78 is 5.25. The van der Waals surface area contributed by atoms with Gasteiger partial charge in [-0.15, -0.1) is 0 Å². The van der Waals surface area contributed by atoms with E-state index in [0.717, 1.165) is 0 Å². The molecule has 0 aliphatic heterocycles. The lowest BCUT2D eigenvalue weighted by Crippen LogP contribution is -2.35. The Labute approximate surface area is 105 Å². The van der Waals surface area contributed by atoms with Crippen LogP contribution in [0.4, 0.5) is 0 Å². The number of hydrogen-bond donors (Lipinski definition) is 4. The molecule has 5 N–H and O–H groups in total. The minimum Gasteiger partial charge on any atom is -0.394 e. The monoisotopic (exact) mass is 255 g/mol. The van der Waals surface area contributed by atoms with Crippen LogP contribution >= 0.6 is 0 Å². The summed E-state index contributed by atoms with van der Waals surface area (Å²) in [6.45, 7) is -0.798. The van der Waals surface area contributed by atoms with Gasteiger partial charge in [0, 0.05) is 5.56 Å². The number of primary amides is 1. The van der Waals surface area contributed by atoms with Crippen LogP contribution in [0.25, 0.3) is 0 Å². The molecule has 0 radical (unpaired) electrons. The van der Waals surface area contributed by atoms with Crippen molar-refractivity contribution in [2.75, 3.05) is 13.2 Å². The molecule has 0 saturated heterocycles. The summed E-state index contributed by atoms with van der Waals surface area (Å²) >= 11 is 0. The van der Waals surface area contributed by atoms with Crippen molar-refractivity contribution in [1.82, 2.24) is 0 Å². The average Bonchev–Trinajstić information content (AvgIpc) is 2.39. The fraction of sp³-hybridized carbons (Fsp3) is 0.417. The highest BCUT2D eigenvalue weighted by atomic mass is 16.5. The van der Waals surface area contributed by atoms with E-state index in [1.54, 1.807) is 24.3 Å². The summed E-state index contributed by atoms with van der Waals surface area (Å²) in [4.78, 5) is 11.0. The van der Waals surface area contributed by atoms with Crippen LogP contribution < -0.4 is 5.73 Å².